The molecule has 4 rings (SSSR count). The highest BCUT2D eigenvalue weighted by molar-refractivity contribution is 7.18. The number of aliphatic hydroxyl groups excluding tert-OH is 1. The van der Waals surface area contributed by atoms with E-state index in [0.29, 0.717) is 37.8 Å². The maximum Gasteiger partial charge on any atom is 0.259 e. The number of aryl methyl sites for hydroxylation is 2. The normalized spacial score (nSPS) is 24.0. The monoisotopic (exact) mass is 426 g/mol. The number of fused-ring (bicyclic) bond motifs is 3. The number of nitrogens with one attached hydrogen (secondary N) is 3. The Hall–Kier alpha value is -1.48. The van der Waals surface area contributed by atoms with Gasteiger partial charge in [-0.2, -0.15) is 0 Å². The lowest BCUT2D eigenvalue weighted by Gasteiger charge is -2.17. The predicted octanol–water partition coefficient (Wildman–Crippen LogP) is 1.16. The molecular formula is C19H27ClN4O3S. The minimum absolute atomic E-state index is 0. The van der Waals surface area contributed by atoms with Crippen LogP contribution >= 0.6 is 23.7 Å². The maximum absolute atomic E-state index is 12.6. The Morgan fingerprint density at radius 2 is 2.21 bits per heavy atom. The number of aromatic amines is 1. The molecule has 0 spiro atoms. The molecule has 3 atom stereocenters. The van der Waals surface area contributed by atoms with Gasteiger partial charge in [-0.25, -0.2) is 4.98 Å². The second-order valence-electron chi connectivity index (χ2n) is 7.83. The molecule has 1 aliphatic heterocycles. The smallest absolute Gasteiger partial charge is 0.259 e. The Morgan fingerprint density at radius 3 is 2.96 bits per heavy atom. The first-order chi connectivity index (χ1) is 13.0. The van der Waals surface area contributed by atoms with E-state index in [1.807, 2.05) is 0 Å². The van der Waals surface area contributed by atoms with Crippen molar-refractivity contribution in [2.45, 2.75) is 45.1 Å². The molecule has 1 saturated heterocycles. The first-order valence-corrected chi connectivity index (χ1v) is 10.5. The van der Waals surface area contributed by atoms with Crippen molar-refractivity contribution in [2.24, 2.45) is 11.8 Å². The Balaban J connectivity index is 0.00000225. The molecule has 3 heterocycles. The standard InChI is InChI=1S/C19H26N4O3S.ClH/c1-10-2-3-12-14(6-10)27-19-17(12)18(26)22-15(23-19)4-5-16(25)21-8-11-7-20-9-13(11)24;/h10-11,13,20,24H,2-9H2,1H3,(H,21,25)(H,22,23,26);1H. The summed E-state index contributed by atoms with van der Waals surface area (Å²) < 4.78 is 0. The molecule has 2 aromatic rings. The van der Waals surface area contributed by atoms with E-state index in [9.17, 15) is 14.7 Å². The van der Waals surface area contributed by atoms with Gasteiger partial charge >= 0.3 is 0 Å². The van der Waals surface area contributed by atoms with Gasteiger partial charge in [-0.3, -0.25) is 9.59 Å². The molecule has 0 saturated carbocycles. The number of nitrogens with zero attached hydrogens (tertiary/aromatic N) is 1. The number of hydrogen-bond donors (Lipinski definition) is 4. The molecule has 2 aromatic heterocycles. The van der Waals surface area contributed by atoms with Crippen LogP contribution in [0.2, 0.25) is 0 Å². The molecule has 4 N–H and O–H groups in total. The maximum atomic E-state index is 12.6. The van der Waals surface area contributed by atoms with Crippen molar-refractivity contribution >= 4 is 39.9 Å². The van der Waals surface area contributed by atoms with Crippen LogP contribution in [0, 0.1) is 11.8 Å². The number of carbonyl (C=O) groups is 1. The zero-order valence-electron chi connectivity index (χ0n) is 15.9. The zero-order chi connectivity index (χ0) is 19.0. The van der Waals surface area contributed by atoms with Crippen molar-refractivity contribution in [3.05, 3.63) is 26.6 Å². The van der Waals surface area contributed by atoms with E-state index in [0.717, 1.165) is 29.5 Å². The van der Waals surface area contributed by atoms with Crippen LogP contribution < -0.4 is 16.2 Å². The van der Waals surface area contributed by atoms with Crippen LogP contribution in [0.4, 0.5) is 0 Å². The van der Waals surface area contributed by atoms with Crippen LogP contribution in [-0.4, -0.2) is 46.7 Å². The lowest BCUT2D eigenvalue weighted by Crippen LogP contribution is -2.34. The minimum Gasteiger partial charge on any atom is -0.391 e. The number of β-amino-alcohol motifs (C(OH)–C–C–N with tert-alkyl or cyclic N) is 1. The van der Waals surface area contributed by atoms with Crippen LogP contribution in [0.3, 0.4) is 0 Å². The van der Waals surface area contributed by atoms with Gasteiger partial charge in [0.2, 0.25) is 5.91 Å². The lowest BCUT2D eigenvalue weighted by molar-refractivity contribution is -0.121. The average Bonchev–Trinajstić information content (AvgIpc) is 3.20. The highest BCUT2D eigenvalue weighted by atomic mass is 35.5. The number of amides is 1. The molecular weight excluding hydrogens is 400 g/mol. The fourth-order valence-corrected chi connectivity index (χ4v) is 5.41. The van der Waals surface area contributed by atoms with E-state index in [-0.39, 0.29) is 36.2 Å². The third-order valence-electron chi connectivity index (χ3n) is 5.67. The van der Waals surface area contributed by atoms with Crippen LogP contribution in [-0.2, 0) is 24.1 Å². The van der Waals surface area contributed by atoms with Gasteiger partial charge in [0.25, 0.3) is 5.56 Å². The van der Waals surface area contributed by atoms with Crippen molar-refractivity contribution in [3.8, 4) is 0 Å². The molecule has 2 aliphatic rings. The second kappa shape index (κ2) is 8.90. The molecule has 154 valence electrons. The first kappa shape index (κ1) is 21.2. The van der Waals surface area contributed by atoms with Gasteiger partial charge < -0.3 is 20.7 Å². The Bertz CT molecular complexity index is 912. The van der Waals surface area contributed by atoms with Crippen molar-refractivity contribution in [1.29, 1.82) is 0 Å². The molecule has 7 nitrogen and oxygen atoms in total. The summed E-state index contributed by atoms with van der Waals surface area (Å²) in [5.41, 5.74) is 1.09. The molecule has 0 radical (unpaired) electrons. The van der Waals surface area contributed by atoms with E-state index in [4.69, 9.17) is 0 Å². The Morgan fingerprint density at radius 1 is 1.39 bits per heavy atom. The van der Waals surface area contributed by atoms with E-state index < -0.39 is 6.10 Å². The largest absolute Gasteiger partial charge is 0.391 e. The van der Waals surface area contributed by atoms with Crippen LogP contribution in [0.15, 0.2) is 4.79 Å². The van der Waals surface area contributed by atoms with Gasteiger partial charge in [-0.15, -0.1) is 23.7 Å². The summed E-state index contributed by atoms with van der Waals surface area (Å²) in [4.78, 5) is 34.2. The average molecular weight is 427 g/mol. The third-order valence-corrected chi connectivity index (χ3v) is 6.82. The van der Waals surface area contributed by atoms with E-state index in [1.54, 1.807) is 11.3 Å². The van der Waals surface area contributed by atoms with Gasteiger partial charge in [0, 0.05) is 43.3 Å². The number of rotatable bonds is 5. The molecule has 3 unspecified atom stereocenters. The topological polar surface area (TPSA) is 107 Å². The summed E-state index contributed by atoms with van der Waals surface area (Å²) in [6.07, 6.45) is 3.36. The van der Waals surface area contributed by atoms with Gasteiger partial charge in [0.15, 0.2) is 0 Å². The van der Waals surface area contributed by atoms with Gasteiger partial charge in [-0.1, -0.05) is 6.92 Å². The van der Waals surface area contributed by atoms with Gasteiger partial charge in [0.1, 0.15) is 10.7 Å². The lowest BCUT2D eigenvalue weighted by atomic mass is 9.89. The van der Waals surface area contributed by atoms with Gasteiger partial charge in [0.05, 0.1) is 11.5 Å². The third kappa shape index (κ3) is 4.40. The highest BCUT2D eigenvalue weighted by Crippen LogP contribution is 2.35. The van der Waals surface area contributed by atoms with Crippen molar-refractivity contribution in [3.63, 3.8) is 0 Å². The van der Waals surface area contributed by atoms with Crippen molar-refractivity contribution in [1.82, 2.24) is 20.6 Å². The molecule has 1 amide bonds. The number of H-pyrrole nitrogens is 1. The van der Waals surface area contributed by atoms with E-state index >= 15 is 0 Å². The summed E-state index contributed by atoms with van der Waals surface area (Å²) in [5, 5.41) is 16.5. The first-order valence-electron chi connectivity index (χ1n) is 9.70. The minimum atomic E-state index is -0.404. The number of hydrogen-bond acceptors (Lipinski definition) is 6. The second-order valence-corrected chi connectivity index (χ2v) is 8.92. The molecule has 0 bridgehead atoms. The van der Waals surface area contributed by atoms with Crippen LogP contribution in [0.25, 0.3) is 10.2 Å². The summed E-state index contributed by atoms with van der Waals surface area (Å²) >= 11 is 1.63. The fourth-order valence-electron chi connectivity index (χ4n) is 4.00. The molecule has 1 fully saturated rings. The number of aromatic nitrogens is 2. The van der Waals surface area contributed by atoms with E-state index in [2.05, 4.69) is 27.5 Å². The fraction of sp³-hybridized carbons (Fsp3) is 0.632. The number of thiophene rings is 1. The summed E-state index contributed by atoms with van der Waals surface area (Å²) in [5.74, 6) is 1.19. The van der Waals surface area contributed by atoms with Crippen LogP contribution in [0.5, 0.6) is 0 Å². The van der Waals surface area contributed by atoms with Crippen molar-refractivity contribution < 1.29 is 9.90 Å². The number of halogens is 1. The summed E-state index contributed by atoms with van der Waals surface area (Å²) in [6.45, 7) is 4.01. The molecule has 0 aromatic carbocycles. The predicted molar refractivity (Wildman–Crippen MR) is 112 cm³/mol. The zero-order valence-corrected chi connectivity index (χ0v) is 17.5. The molecule has 9 heteroatoms. The Kier molecular flexibility index (Phi) is 6.75. The number of aliphatic hydroxyl groups is 1. The summed E-state index contributed by atoms with van der Waals surface area (Å²) in [6, 6.07) is 0. The molecule has 28 heavy (non-hydrogen) atoms. The summed E-state index contributed by atoms with van der Waals surface area (Å²) in [7, 11) is 0. The van der Waals surface area contributed by atoms with E-state index in [1.165, 1.54) is 10.4 Å². The van der Waals surface area contributed by atoms with Crippen LogP contribution in [0.1, 0.15) is 36.0 Å². The van der Waals surface area contributed by atoms with Crippen molar-refractivity contribution in [2.75, 3.05) is 19.6 Å². The highest BCUT2D eigenvalue weighted by Gasteiger charge is 2.25. The Labute approximate surface area is 173 Å². The quantitative estimate of drug-likeness (QED) is 0.574. The number of carbonyl (C=O) groups excluding carboxylic acids is 1. The van der Waals surface area contributed by atoms with Gasteiger partial charge in [-0.05, 0) is 30.7 Å². The molecule has 1 aliphatic carbocycles. The SMILES string of the molecule is CC1CCc2c(sc3nc(CCC(=O)NCC4CNCC4O)[nH]c(=O)c23)C1.Cl.